The number of nitrogens with zero attached hydrogens (tertiary/aromatic N) is 3. The highest BCUT2D eigenvalue weighted by Crippen LogP contribution is 2.35. The topological polar surface area (TPSA) is 55.9 Å². The fourth-order valence-corrected chi connectivity index (χ4v) is 5.34. The van der Waals surface area contributed by atoms with Gasteiger partial charge in [0.2, 0.25) is 5.91 Å². The Kier molecular flexibility index (Phi) is 6.70. The molecule has 0 radical (unpaired) electrons. The maximum absolute atomic E-state index is 13.6. The van der Waals surface area contributed by atoms with Crippen LogP contribution in [-0.4, -0.2) is 77.4 Å². The molecule has 2 aliphatic heterocycles. The molecule has 1 aliphatic carbocycles. The van der Waals surface area contributed by atoms with Gasteiger partial charge in [-0.3, -0.25) is 14.5 Å². The van der Waals surface area contributed by atoms with Crippen LogP contribution in [0.4, 0.5) is 0 Å². The average Bonchev–Trinajstić information content (AvgIpc) is 3.61. The minimum Gasteiger partial charge on any atom is -0.338 e. The molecule has 0 bridgehead atoms. The standard InChI is InChI=1S/C28H36N4O2/c1-20-3-7-22(8-4-20)18-31(24-11-12-24)25-17-26(28(34)30-15-13-29-14-16-30)32(19-25)27(33)23-9-5-21(2)6-10-23/h3-10,24-26,29H,11-19H2,1-2H3. The molecule has 2 unspecified atom stereocenters. The summed E-state index contributed by atoms with van der Waals surface area (Å²) < 4.78 is 0. The minimum absolute atomic E-state index is 0.0259. The van der Waals surface area contributed by atoms with Gasteiger partial charge in [-0.15, -0.1) is 0 Å². The zero-order chi connectivity index (χ0) is 23.7. The van der Waals surface area contributed by atoms with E-state index < -0.39 is 6.04 Å². The van der Waals surface area contributed by atoms with Gasteiger partial charge in [-0.25, -0.2) is 0 Å². The number of carbonyl (C=O) groups is 2. The molecule has 5 rings (SSSR count). The van der Waals surface area contributed by atoms with Crippen LogP contribution < -0.4 is 5.32 Å². The van der Waals surface area contributed by atoms with Crippen molar-refractivity contribution in [1.29, 1.82) is 0 Å². The lowest BCUT2D eigenvalue weighted by molar-refractivity contribution is -0.135. The molecule has 2 heterocycles. The first-order valence-corrected chi connectivity index (χ1v) is 12.7. The summed E-state index contributed by atoms with van der Waals surface area (Å²) in [6, 6.07) is 16.8. The summed E-state index contributed by atoms with van der Waals surface area (Å²) in [6.45, 7) is 8.67. The molecule has 1 N–H and O–H groups in total. The van der Waals surface area contributed by atoms with Crippen LogP contribution in [-0.2, 0) is 11.3 Å². The van der Waals surface area contributed by atoms with Crippen LogP contribution in [0.15, 0.2) is 48.5 Å². The van der Waals surface area contributed by atoms with Crippen molar-refractivity contribution in [2.75, 3.05) is 32.7 Å². The van der Waals surface area contributed by atoms with Crippen molar-refractivity contribution >= 4 is 11.8 Å². The summed E-state index contributed by atoms with van der Waals surface area (Å²) in [5, 5.41) is 3.32. The molecule has 0 spiro atoms. The van der Waals surface area contributed by atoms with Gasteiger partial charge in [-0.2, -0.15) is 0 Å². The summed E-state index contributed by atoms with van der Waals surface area (Å²) >= 11 is 0. The van der Waals surface area contributed by atoms with E-state index in [2.05, 4.69) is 41.4 Å². The van der Waals surface area contributed by atoms with Crippen LogP contribution in [0.25, 0.3) is 0 Å². The van der Waals surface area contributed by atoms with Crippen molar-refractivity contribution in [3.8, 4) is 0 Å². The van der Waals surface area contributed by atoms with Gasteiger partial charge >= 0.3 is 0 Å². The third-order valence-electron chi connectivity index (χ3n) is 7.52. The molecule has 2 atom stereocenters. The van der Waals surface area contributed by atoms with Crippen LogP contribution in [0.2, 0.25) is 0 Å². The third-order valence-corrected chi connectivity index (χ3v) is 7.52. The fraction of sp³-hybridized carbons (Fsp3) is 0.500. The number of nitrogens with one attached hydrogen (secondary N) is 1. The number of hydrogen-bond acceptors (Lipinski definition) is 4. The van der Waals surface area contributed by atoms with E-state index in [0.717, 1.165) is 25.2 Å². The molecular weight excluding hydrogens is 424 g/mol. The number of carbonyl (C=O) groups excluding carboxylic acids is 2. The Balaban J connectivity index is 1.39. The summed E-state index contributed by atoms with van der Waals surface area (Å²) in [5.74, 6) is 0.0811. The Morgan fingerprint density at radius 3 is 2.15 bits per heavy atom. The van der Waals surface area contributed by atoms with Crippen molar-refractivity contribution in [3.05, 3.63) is 70.8 Å². The molecule has 180 valence electrons. The van der Waals surface area contributed by atoms with E-state index >= 15 is 0 Å². The number of hydrogen-bond donors (Lipinski definition) is 1. The van der Waals surface area contributed by atoms with E-state index in [1.54, 1.807) is 0 Å². The zero-order valence-electron chi connectivity index (χ0n) is 20.4. The number of amides is 2. The largest absolute Gasteiger partial charge is 0.338 e. The van der Waals surface area contributed by atoms with Crippen molar-refractivity contribution in [3.63, 3.8) is 0 Å². The lowest BCUT2D eigenvalue weighted by Gasteiger charge is -2.32. The van der Waals surface area contributed by atoms with Crippen LogP contribution in [0, 0.1) is 13.8 Å². The van der Waals surface area contributed by atoms with Crippen molar-refractivity contribution in [2.45, 2.75) is 57.8 Å². The van der Waals surface area contributed by atoms with Crippen LogP contribution in [0.1, 0.15) is 46.3 Å². The number of benzene rings is 2. The fourth-order valence-electron chi connectivity index (χ4n) is 5.34. The number of rotatable bonds is 6. The second-order valence-corrected chi connectivity index (χ2v) is 10.2. The Morgan fingerprint density at radius 1 is 0.912 bits per heavy atom. The van der Waals surface area contributed by atoms with Crippen molar-refractivity contribution < 1.29 is 9.59 Å². The lowest BCUT2D eigenvalue weighted by Crippen LogP contribution is -2.53. The highest BCUT2D eigenvalue weighted by Gasteiger charge is 2.46. The molecule has 6 heteroatoms. The molecule has 2 aromatic carbocycles. The smallest absolute Gasteiger partial charge is 0.254 e. The molecule has 3 aliphatic rings. The highest BCUT2D eigenvalue weighted by molar-refractivity contribution is 5.98. The first-order chi connectivity index (χ1) is 16.5. The maximum atomic E-state index is 13.6. The van der Waals surface area contributed by atoms with E-state index in [4.69, 9.17) is 0 Å². The summed E-state index contributed by atoms with van der Waals surface area (Å²) in [6.07, 6.45) is 3.11. The third kappa shape index (κ3) is 5.03. The molecule has 2 saturated heterocycles. The van der Waals surface area contributed by atoms with Crippen LogP contribution in [0.5, 0.6) is 0 Å². The second-order valence-electron chi connectivity index (χ2n) is 10.2. The maximum Gasteiger partial charge on any atom is 0.254 e. The number of piperazine rings is 1. The zero-order valence-corrected chi connectivity index (χ0v) is 20.4. The highest BCUT2D eigenvalue weighted by atomic mass is 16.2. The van der Waals surface area contributed by atoms with Gasteiger partial charge in [0.1, 0.15) is 6.04 Å². The van der Waals surface area contributed by atoms with Gasteiger partial charge in [0.05, 0.1) is 0 Å². The molecule has 34 heavy (non-hydrogen) atoms. The Hall–Kier alpha value is -2.70. The SMILES string of the molecule is Cc1ccc(CN(C2CC2)C2CC(C(=O)N3CCNCC3)N(C(=O)c3ccc(C)cc3)C2)cc1. The van der Waals surface area contributed by atoms with Crippen LogP contribution in [0.3, 0.4) is 0 Å². The predicted molar refractivity (Wildman–Crippen MR) is 134 cm³/mol. The molecule has 2 amide bonds. The quantitative estimate of drug-likeness (QED) is 0.720. The molecule has 3 fully saturated rings. The van der Waals surface area contributed by atoms with Gasteiger partial charge in [-0.05, 0) is 50.8 Å². The second kappa shape index (κ2) is 9.88. The molecule has 2 aromatic rings. The Morgan fingerprint density at radius 2 is 1.53 bits per heavy atom. The molecule has 0 aromatic heterocycles. The van der Waals surface area contributed by atoms with Gasteiger partial charge in [0.25, 0.3) is 5.91 Å². The van der Waals surface area contributed by atoms with E-state index in [1.165, 1.54) is 24.0 Å². The molecular formula is C28H36N4O2. The van der Waals surface area contributed by atoms with E-state index in [9.17, 15) is 9.59 Å². The average molecular weight is 461 g/mol. The van der Waals surface area contributed by atoms with Crippen molar-refractivity contribution in [1.82, 2.24) is 20.0 Å². The normalized spacial score (nSPS) is 22.9. The Bertz CT molecular complexity index is 1010. The lowest BCUT2D eigenvalue weighted by atomic mass is 10.1. The van der Waals surface area contributed by atoms with Crippen LogP contribution >= 0.6 is 0 Å². The van der Waals surface area contributed by atoms with E-state index in [-0.39, 0.29) is 17.9 Å². The first kappa shape index (κ1) is 23.1. The van der Waals surface area contributed by atoms with E-state index in [0.29, 0.717) is 37.7 Å². The Labute approximate surface area is 202 Å². The molecule has 1 saturated carbocycles. The van der Waals surface area contributed by atoms with Gasteiger partial charge in [-0.1, -0.05) is 47.5 Å². The number of aryl methyl sites for hydroxylation is 2. The van der Waals surface area contributed by atoms with Gasteiger partial charge < -0.3 is 15.1 Å². The van der Waals surface area contributed by atoms with Crippen molar-refractivity contribution in [2.24, 2.45) is 0 Å². The number of likely N-dealkylation sites (tertiary alicyclic amines) is 1. The monoisotopic (exact) mass is 460 g/mol. The predicted octanol–water partition coefficient (Wildman–Crippen LogP) is 2.98. The first-order valence-electron chi connectivity index (χ1n) is 12.7. The minimum atomic E-state index is -0.392. The van der Waals surface area contributed by atoms with E-state index in [1.807, 2.05) is 41.0 Å². The summed E-state index contributed by atoms with van der Waals surface area (Å²) in [5.41, 5.74) is 4.35. The summed E-state index contributed by atoms with van der Waals surface area (Å²) in [4.78, 5) is 33.6. The summed E-state index contributed by atoms with van der Waals surface area (Å²) in [7, 11) is 0. The van der Waals surface area contributed by atoms with Gasteiger partial charge in [0, 0.05) is 56.9 Å². The molecule has 6 nitrogen and oxygen atoms in total. The van der Waals surface area contributed by atoms with Gasteiger partial charge in [0.15, 0.2) is 0 Å².